The number of hydrogen-bond donors (Lipinski definition) is 2. The molecule has 2 unspecified atom stereocenters. The maximum Gasteiger partial charge on any atom is 0.343 e. The third-order valence-corrected chi connectivity index (χ3v) is 5.53. The lowest BCUT2D eigenvalue weighted by atomic mass is 9.88. The van der Waals surface area contributed by atoms with Crippen LogP contribution in [0, 0.1) is 11.7 Å². The average Bonchev–Trinajstić information content (AvgIpc) is 3.26. The van der Waals surface area contributed by atoms with E-state index in [9.17, 15) is 18.8 Å². The number of halogens is 1. The van der Waals surface area contributed by atoms with Crippen molar-refractivity contribution in [2.45, 2.75) is 5.92 Å². The number of carbonyl (C=O) groups excluding carboxylic acids is 3. The number of nitrogens with one attached hydrogen (secondary N) is 2. The summed E-state index contributed by atoms with van der Waals surface area (Å²) in [5.74, 6) is -2.96. The second-order valence-electron chi connectivity index (χ2n) is 7.78. The van der Waals surface area contributed by atoms with Crippen molar-refractivity contribution in [3.05, 3.63) is 95.3 Å². The van der Waals surface area contributed by atoms with E-state index in [2.05, 4.69) is 15.8 Å². The lowest BCUT2D eigenvalue weighted by molar-refractivity contribution is -0.133. The molecule has 1 heterocycles. The first-order valence-corrected chi connectivity index (χ1v) is 10.8. The Labute approximate surface area is 200 Å². The van der Waals surface area contributed by atoms with Gasteiger partial charge in [0.15, 0.2) is 11.5 Å². The van der Waals surface area contributed by atoms with E-state index in [0.717, 1.165) is 11.6 Å². The maximum absolute atomic E-state index is 13.4. The Balaban J connectivity index is 1.42. The minimum atomic E-state index is -0.895. The van der Waals surface area contributed by atoms with Crippen molar-refractivity contribution in [1.82, 2.24) is 10.7 Å². The lowest BCUT2D eigenvalue weighted by Crippen LogP contribution is -2.34. The molecule has 1 saturated heterocycles. The molecule has 0 saturated carbocycles. The highest BCUT2D eigenvalue weighted by Crippen LogP contribution is 2.30. The predicted octanol–water partition coefficient (Wildman–Crippen LogP) is 3.03. The molecule has 2 amide bonds. The Morgan fingerprint density at radius 3 is 2.60 bits per heavy atom. The SMILES string of the molecule is COc1cc(/C=N\NC(=O)C2C(=O)NCC2c2ccccc2)ccc1OC(=O)c1cccc(F)c1. The molecule has 2 atom stereocenters. The number of esters is 1. The number of carbonyl (C=O) groups is 3. The van der Waals surface area contributed by atoms with Crippen molar-refractivity contribution in [1.29, 1.82) is 0 Å². The van der Waals surface area contributed by atoms with E-state index in [1.54, 1.807) is 12.1 Å². The summed E-state index contributed by atoms with van der Waals surface area (Å²) >= 11 is 0. The number of nitrogens with zero attached hydrogens (tertiary/aromatic N) is 1. The first-order chi connectivity index (χ1) is 17.0. The molecule has 0 bridgehead atoms. The van der Waals surface area contributed by atoms with Gasteiger partial charge in [0.05, 0.1) is 18.9 Å². The van der Waals surface area contributed by atoms with Gasteiger partial charge < -0.3 is 14.8 Å². The second-order valence-corrected chi connectivity index (χ2v) is 7.78. The number of amides is 2. The van der Waals surface area contributed by atoms with Crippen LogP contribution in [0.25, 0.3) is 0 Å². The van der Waals surface area contributed by atoms with Gasteiger partial charge in [0, 0.05) is 12.5 Å². The largest absolute Gasteiger partial charge is 0.493 e. The van der Waals surface area contributed by atoms with Gasteiger partial charge in [-0.3, -0.25) is 9.59 Å². The molecule has 8 nitrogen and oxygen atoms in total. The van der Waals surface area contributed by atoms with E-state index in [-0.39, 0.29) is 28.9 Å². The first kappa shape index (κ1) is 23.6. The quantitative estimate of drug-likeness (QED) is 0.180. The van der Waals surface area contributed by atoms with Crippen molar-refractivity contribution in [2.75, 3.05) is 13.7 Å². The highest BCUT2D eigenvalue weighted by Gasteiger charge is 2.40. The van der Waals surface area contributed by atoms with E-state index in [4.69, 9.17) is 9.47 Å². The van der Waals surface area contributed by atoms with Crippen LogP contribution < -0.4 is 20.2 Å². The van der Waals surface area contributed by atoms with Crippen LogP contribution in [-0.2, 0) is 9.59 Å². The second kappa shape index (κ2) is 10.6. The van der Waals surface area contributed by atoms with Crippen LogP contribution in [0.15, 0.2) is 77.9 Å². The van der Waals surface area contributed by atoms with Crippen molar-refractivity contribution < 1.29 is 28.2 Å². The molecule has 0 spiro atoms. The molecule has 4 rings (SSSR count). The van der Waals surface area contributed by atoms with E-state index in [1.807, 2.05) is 30.3 Å². The maximum atomic E-state index is 13.4. The van der Waals surface area contributed by atoms with Crippen molar-refractivity contribution in [3.8, 4) is 11.5 Å². The Morgan fingerprint density at radius 1 is 1.06 bits per heavy atom. The number of hydrogen-bond acceptors (Lipinski definition) is 6. The monoisotopic (exact) mass is 475 g/mol. The van der Waals surface area contributed by atoms with Crippen molar-refractivity contribution in [3.63, 3.8) is 0 Å². The van der Waals surface area contributed by atoms with Gasteiger partial charge >= 0.3 is 5.97 Å². The predicted molar refractivity (Wildman–Crippen MR) is 126 cm³/mol. The fraction of sp³-hybridized carbons (Fsp3) is 0.154. The summed E-state index contributed by atoms with van der Waals surface area (Å²) in [6.07, 6.45) is 1.38. The van der Waals surface area contributed by atoms with Gasteiger partial charge in [0.1, 0.15) is 11.7 Å². The minimum absolute atomic E-state index is 0.0603. The smallest absolute Gasteiger partial charge is 0.343 e. The molecule has 178 valence electrons. The summed E-state index contributed by atoms with van der Waals surface area (Å²) in [6, 6.07) is 19.1. The third kappa shape index (κ3) is 5.52. The highest BCUT2D eigenvalue weighted by atomic mass is 19.1. The molecular weight excluding hydrogens is 453 g/mol. The van der Waals surface area contributed by atoms with E-state index < -0.39 is 23.6 Å². The number of rotatable bonds is 7. The lowest BCUT2D eigenvalue weighted by Gasteiger charge is -2.15. The van der Waals surface area contributed by atoms with Crippen molar-refractivity contribution in [2.24, 2.45) is 11.0 Å². The zero-order valence-corrected chi connectivity index (χ0v) is 18.7. The van der Waals surface area contributed by atoms with Gasteiger partial charge in [-0.1, -0.05) is 36.4 Å². The van der Waals surface area contributed by atoms with E-state index in [1.165, 1.54) is 37.6 Å². The Hall–Kier alpha value is -4.53. The fourth-order valence-electron chi connectivity index (χ4n) is 3.80. The summed E-state index contributed by atoms with van der Waals surface area (Å²) in [5, 5.41) is 6.69. The number of methoxy groups -OCH3 is 1. The summed E-state index contributed by atoms with van der Waals surface area (Å²) < 4.78 is 24.0. The molecule has 0 aliphatic carbocycles. The molecule has 9 heteroatoms. The summed E-state index contributed by atoms with van der Waals surface area (Å²) in [7, 11) is 1.40. The number of ether oxygens (including phenoxy) is 2. The van der Waals surface area contributed by atoms with Crippen LogP contribution in [0.1, 0.15) is 27.4 Å². The van der Waals surface area contributed by atoms with E-state index >= 15 is 0 Å². The van der Waals surface area contributed by atoms with Gasteiger partial charge in [-0.25, -0.2) is 14.6 Å². The molecule has 35 heavy (non-hydrogen) atoms. The molecule has 0 aromatic heterocycles. The third-order valence-electron chi connectivity index (χ3n) is 5.53. The van der Waals surface area contributed by atoms with Gasteiger partial charge in [-0.15, -0.1) is 0 Å². The van der Waals surface area contributed by atoms with Crippen LogP contribution in [-0.4, -0.2) is 37.7 Å². The van der Waals surface area contributed by atoms with Gasteiger partial charge in [-0.05, 0) is 47.5 Å². The summed E-state index contributed by atoms with van der Waals surface area (Å²) in [4.78, 5) is 37.2. The normalized spacial score (nSPS) is 17.1. The molecule has 1 fully saturated rings. The van der Waals surface area contributed by atoms with Crippen molar-refractivity contribution >= 4 is 24.0 Å². The molecule has 2 N–H and O–H groups in total. The topological polar surface area (TPSA) is 106 Å². The molecule has 0 radical (unpaired) electrons. The zero-order chi connectivity index (χ0) is 24.8. The fourth-order valence-corrected chi connectivity index (χ4v) is 3.80. The number of benzene rings is 3. The van der Waals surface area contributed by atoms with Crippen LogP contribution in [0.5, 0.6) is 11.5 Å². The first-order valence-electron chi connectivity index (χ1n) is 10.8. The Morgan fingerprint density at radius 2 is 1.86 bits per heavy atom. The van der Waals surface area contributed by atoms with Crippen LogP contribution in [0.2, 0.25) is 0 Å². The summed E-state index contributed by atoms with van der Waals surface area (Å²) in [6.45, 7) is 0.373. The van der Waals surface area contributed by atoms with Gasteiger partial charge in [0.2, 0.25) is 5.91 Å². The van der Waals surface area contributed by atoms with Crippen LogP contribution >= 0.6 is 0 Å². The molecular formula is C26H22FN3O5. The Kier molecular flexibility index (Phi) is 7.15. The molecule has 3 aromatic rings. The standard InChI is InChI=1S/C26H22FN3O5/c1-34-22-12-16(10-11-21(22)35-26(33)18-8-5-9-19(27)13-18)14-29-30-25(32)23-20(15-28-24(23)31)17-6-3-2-4-7-17/h2-14,20,23H,15H2,1H3,(H,28,31)(H,30,32)/b29-14-. The number of hydrazone groups is 1. The minimum Gasteiger partial charge on any atom is -0.493 e. The zero-order valence-electron chi connectivity index (χ0n) is 18.7. The highest BCUT2D eigenvalue weighted by molar-refractivity contribution is 6.03. The molecule has 1 aliphatic rings. The average molecular weight is 475 g/mol. The van der Waals surface area contributed by atoms with Crippen LogP contribution in [0.3, 0.4) is 0 Å². The molecule has 3 aromatic carbocycles. The van der Waals surface area contributed by atoms with Gasteiger partial charge in [-0.2, -0.15) is 5.10 Å². The molecule has 1 aliphatic heterocycles. The van der Waals surface area contributed by atoms with Gasteiger partial charge in [0.25, 0.3) is 5.91 Å². The van der Waals surface area contributed by atoms with Crippen LogP contribution in [0.4, 0.5) is 4.39 Å². The Bertz CT molecular complexity index is 1280. The summed E-state index contributed by atoms with van der Waals surface area (Å²) in [5.41, 5.74) is 3.92. The van der Waals surface area contributed by atoms with E-state index in [0.29, 0.717) is 12.1 Å².